The summed E-state index contributed by atoms with van der Waals surface area (Å²) in [5, 5.41) is 176. The molecule has 0 aliphatic carbocycles. The molecular formula is C30H50O27. The fourth-order valence-electron chi connectivity index (χ4n) is 6.96. The lowest BCUT2D eigenvalue weighted by Crippen LogP contribution is -2.68. The molecule has 0 saturated carbocycles. The Morgan fingerprint density at radius 2 is 0.737 bits per heavy atom. The molecule has 5 heterocycles. The minimum Gasteiger partial charge on any atom is -0.479 e. The topological polar surface area (TPSA) is 444 Å². The predicted octanol–water partition coefficient (Wildman–Crippen LogP) is -11.8. The standard InChI is InChI=1S/C30H50O27/c31-1-5-9(35)12(38)16(42)27(50-5)53-20-8(4-34)49-26(48)19(45)22(20)55-30-23(14(40)11(37)7(3-33)52-30)56-29-18(44)15(41)21(24(57-29)25(46)47)54-28-17(43)13(39)10(36)6(2-32)51-28/h5-24,26-45,48H,1-4H2,(H,46,47)/t5-,6-,7-,8-,9-,10-,11-,12+,13+,14+,15-,16-,17+,18-,19-,20-,21+,22-,23+,24+,26-,27+,28+,29-,30-/m1/s1. The summed E-state index contributed by atoms with van der Waals surface area (Å²) < 4.78 is 49.2. The quantitative estimate of drug-likeness (QED) is 0.0818. The highest BCUT2D eigenvalue weighted by Gasteiger charge is 2.58. The third-order valence-corrected chi connectivity index (χ3v) is 10.3. The van der Waals surface area contributed by atoms with Gasteiger partial charge in [0.1, 0.15) is 116 Å². The SMILES string of the molecule is O=C(O)[C@H]1O[C@@H](O[C@@H]2[C@@H](O[C@@H]3[C@@H](O)[C@H](O)O[C@H](CO)[C@H]3O[C@@H]3O[C@H](CO)[C@@H](O)[C@H](O)[C@H]3O)O[C@H](CO)[C@@H](O)[C@@H]2O)[C@H](O)[C@@H](O)[C@@H]1O[C@@H]1O[C@H](CO)[C@@H](O)[C@H](O)[C@@H]1O. The second-order valence-electron chi connectivity index (χ2n) is 14.0. The van der Waals surface area contributed by atoms with Crippen LogP contribution in [0.25, 0.3) is 0 Å². The van der Waals surface area contributed by atoms with Crippen LogP contribution in [0, 0.1) is 0 Å². The number of carboxylic acids is 1. The number of aliphatic carboxylic acids is 1. The molecule has 27 heteroatoms. The molecule has 0 aromatic rings. The minimum atomic E-state index is -2.34. The molecule has 0 radical (unpaired) electrons. The average Bonchev–Trinajstić information content (AvgIpc) is 3.19. The van der Waals surface area contributed by atoms with Gasteiger partial charge in [0.15, 0.2) is 37.6 Å². The van der Waals surface area contributed by atoms with Gasteiger partial charge in [-0.1, -0.05) is 0 Å². The van der Waals surface area contributed by atoms with Gasteiger partial charge in [-0.15, -0.1) is 0 Å². The number of ether oxygens (including phenoxy) is 9. The first kappa shape index (κ1) is 46.5. The number of carboxylic acid groups (broad SMARTS) is 1. The monoisotopic (exact) mass is 842 g/mol. The van der Waals surface area contributed by atoms with Gasteiger partial charge < -0.3 is 129 Å². The molecule has 0 aromatic carbocycles. The molecule has 0 aromatic heterocycles. The molecule has 5 saturated heterocycles. The van der Waals surface area contributed by atoms with E-state index < -0.39 is 186 Å². The molecule has 0 spiro atoms. The normalized spacial score (nSPS) is 52.4. The molecule has 5 aliphatic rings. The second kappa shape index (κ2) is 19.5. The average molecular weight is 843 g/mol. The Bertz CT molecular complexity index is 1280. The number of carbonyl (C=O) groups is 1. The van der Waals surface area contributed by atoms with E-state index >= 15 is 0 Å². The lowest BCUT2D eigenvalue weighted by molar-refractivity contribution is -0.402. The van der Waals surface area contributed by atoms with Crippen LogP contribution in [-0.2, 0) is 47.4 Å². The van der Waals surface area contributed by atoms with Gasteiger partial charge in [0.05, 0.1) is 26.4 Å². The van der Waals surface area contributed by atoms with Gasteiger partial charge in [-0.2, -0.15) is 0 Å². The highest BCUT2D eigenvalue weighted by molar-refractivity contribution is 5.73. The molecule has 0 bridgehead atoms. The summed E-state index contributed by atoms with van der Waals surface area (Å²) in [4.78, 5) is 12.3. The molecule has 25 atom stereocenters. The number of hydrogen-bond donors (Lipinski definition) is 17. The van der Waals surface area contributed by atoms with Crippen molar-refractivity contribution in [2.24, 2.45) is 0 Å². The minimum absolute atomic E-state index is 0.887. The highest BCUT2D eigenvalue weighted by Crippen LogP contribution is 2.36. The van der Waals surface area contributed by atoms with Crippen LogP contribution < -0.4 is 0 Å². The van der Waals surface area contributed by atoms with Crippen molar-refractivity contribution in [2.75, 3.05) is 26.4 Å². The van der Waals surface area contributed by atoms with E-state index in [1.807, 2.05) is 0 Å². The Morgan fingerprint density at radius 3 is 1.21 bits per heavy atom. The van der Waals surface area contributed by atoms with Crippen molar-refractivity contribution in [3.8, 4) is 0 Å². The number of aliphatic hydroxyl groups excluding tert-OH is 16. The van der Waals surface area contributed by atoms with Gasteiger partial charge in [0.25, 0.3) is 0 Å². The van der Waals surface area contributed by atoms with Gasteiger partial charge in [-0.05, 0) is 0 Å². The Kier molecular flexibility index (Phi) is 15.9. The maximum absolute atomic E-state index is 12.3. The van der Waals surface area contributed by atoms with Crippen LogP contribution >= 0.6 is 0 Å². The third kappa shape index (κ3) is 9.38. The molecule has 5 rings (SSSR count). The molecule has 27 nitrogen and oxygen atoms in total. The lowest BCUT2D eigenvalue weighted by Gasteiger charge is -2.50. The Hall–Kier alpha value is -1.53. The van der Waals surface area contributed by atoms with Crippen LogP contribution in [0.5, 0.6) is 0 Å². The largest absolute Gasteiger partial charge is 0.479 e. The maximum Gasteiger partial charge on any atom is 0.335 e. The lowest BCUT2D eigenvalue weighted by atomic mass is 9.95. The molecule has 57 heavy (non-hydrogen) atoms. The first-order valence-electron chi connectivity index (χ1n) is 17.6. The zero-order chi connectivity index (χ0) is 42.2. The van der Waals surface area contributed by atoms with Gasteiger partial charge in [-0.25, -0.2) is 4.79 Å². The summed E-state index contributed by atoms with van der Waals surface area (Å²) in [6.07, 6.45) is -50.3. The first-order valence-corrected chi connectivity index (χ1v) is 17.6. The maximum atomic E-state index is 12.3. The number of aliphatic hydroxyl groups is 16. The number of hydrogen-bond acceptors (Lipinski definition) is 26. The zero-order valence-corrected chi connectivity index (χ0v) is 29.4. The van der Waals surface area contributed by atoms with Crippen LogP contribution in [-0.4, -0.2) is 273 Å². The van der Waals surface area contributed by atoms with E-state index in [1.165, 1.54) is 0 Å². The van der Waals surface area contributed by atoms with E-state index in [0.717, 1.165) is 0 Å². The van der Waals surface area contributed by atoms with Crippen LogP contribution in [0.2, 0.25) is 0 Å². The Labute approximate surface area is 320 Å². The molecule has 17 N–H and O–H groups in total. The molecule has 332 valence electrons. The molecular weight excluding hydrogens is 792 g/mol. The zero-order valence-electron chi connectivity index (χ0n) is 29.4. The van der Waals surface area contributed by atoms with Gasteiger partial charge in [0, 0.05) is 0 Å². The van der Waals surface area contributed by atoms with Gasteiger partial charge in [-0.3, -0.25) is 0 Å². The van der Waals surface area contributed by atoms with E-state index in [4.69, 9.17) is 42.6 Å². The van der Waals surface area contributed by atoms with E-state index in [-0.39, 0.29) is 0 Å². The smallest absolute Gasteiger partial charge is 0.335 e. The summed E-state index contributed by atoms with van der Waals surface area (Å²) in [5.74, 6) is -1.89. The van der Waals surface area contributed by atoms with Crippen molar-refractivity contribution in [1.29, 1.82) is 0 Å². The highest BCUT2D eigenvalue weighted by atomic mass is 16.8. The van der Waals surface area contributed by atoms with E-state index in [1.54, 1.807) is 0 Å². The van der Waals surface area contributed by atoms with Crippen molar-refractivity contribution in [2.45, 2.75) is 154 Å². The summed E-state index contributed by atoms with van der Waals surface area (Å²) in [7, 11) is 0. The molecule has 0 unspecified atom stereocenters. The predicted molar refractivity (Wildman–Crippen MR) is 167 cm³/mol. The Balaban J connectivity index is 1.40. The fourth-order valence-corrected chi connectivity index (χ4v) is 6.96. The summed E-state index contributed by atoms with van der Waals surface area (Å²) >= 11 is 0. The van der Waals surface area contributed by atoms with Gasteiger partial charge in [0.2, 0.25) is 0 Å². The van der Waals surface area contributed by atoms with Crippen LogP contribution in [0.3, 0.4) is 0 Å². The summed E-state index contributed by atoms with van der Waals surface area (Å²) in [6.45, 7) is -3.80. The van der Waals surface area contributed by atoms with Crippen LogP contribution in [0.4, 0.5) is 0 Å². The van der Waals surface area contributed by atoms with E-state index in [9.17, 15) is 91.6 Å². The molecule has 0 amide bonds. The fraction of sp³-hybridized carbons (Fsp3) is 0.967. The van der Waals surface area contributed by atoms with Crippen LogP contribution in [0.1, 0.15) is 0 Å². The first-order chi connectivity index (χ1) is 26.9. The van der Waals surface area contributed by atoms with Crippen molar-refractivity contribution in [3.63, 3.8) is 0 Å². The van der Waals surface area contributed by atoms with Crippen molar-refractivity contribution >= 4 is 5.97 Å². The van der Waals surface area contributed by atoms with E-state index in [2.05, 4.69) is 0 Å². The third-order valence-electron chi connectivity index (χ3n) is 10.3. The van der Waals surface area contributed by atoms with Gasteiger partial charge >= 0.3 is 5.97 Å². The summed E-state index contributed by atoms with van der Waals surface area (Å²) in [5.41, 5.74) is 0. The van der Waals surface area contributed by atoms with Crippen molar-refractivity contribution < 1.29 is 134 Å². The van der Waals surface area contributed by atoms with E-state index in [0.29, 0.717) is 0 Å². The van der Waals surface area contributed by atoms with Crippen molar-refractivity contribution in [1.82, 2.24) is 0 Å². The summed E-state index contributed by atoms with van der Waals surface area (Å²) in [6, 6.07) is 0. The molecule has 5 aliphatic heterocycles. The second-order valence-corrected chi connectivity index (χ2v) is 14.0. The number of rotatable bonds is 13. The molecule has 5 fully saturated rings. The van der Waals surface area contributed by atoms with Crippen molar-refractivity contribution in [3.05, 3.63) is 0 Å². The Morgan fingerprint density at radius 1 is 0.368 bits per heavy atom. The van der Waals surface area contributed by atoms with Crippen LogP contribution in [0.15, 0.2) is 0 Å².